The molecule has 1 fully saturated rings. The molecule has 0 spiro atoms. The minimum atomic E-state index is -4.87. The van der Waals surface area contributed by atoms with Crippen LogP contribution in [0.5, 0.6) is 5.75 Å². The summed E-state index contributed by atoms with van der Waals surface area (Å²) in [6.45, 7) is -0.227. The summed E-state index contributed by atoms with van der Waals surface area (Å²) in [6.07, 6.45) is -9.66. The van der Waals surface area contributed by atoms with E-state index >= 15 is 0 Å². The molecule has 2 atom stereocenters. The summed E-state index contributed by atoms with van der Waals surface area (Å²) in [5.74, 6) is -0.445. The highest BCUT2D eigenvalue weighted by molar-refractivity contribution is 7.89. The number of thiazole rings is 1. The topological polar surface area (TPSA) is 121 Å². The quantitative estimate of drug-likeness (QED) is 0.202. The number of fused-ring (bicyclic) bond motifs is 1. The maximum absolute atomic E-state index is 13.7. The van der Waals surface area contributed by atoms with Crippen molar-refractivity contribution in [1.29, 1.82) is 0 Å². The Labute approximate surface area is 254 Å². The Morgan fingerprint density at radius 2 is 1.75 bits per heavy atom. The number of alkyl halides is 6. The van der Waals surface area contributed by atoms with Gasteiger partial charge in [0.1, 0.15) is 17.5 Å². The van der Waals surface area contributed by atoms with Crippen LogP contribution in [0.2, 0.25) is 5.15 Å². The molecule has 3 heterocycles. The van der Waals surface area contributed by atoms with Gasteiger partial charge in [-0.1, -0.05) is 35.1 Å². The van der Waals surface area contributed by atoms with E-state index in [2.05, 4.69) is 25.2 Å². The van der Waals surface area contributed by atoms with E-state index in [-0.39, 0.29) is 31.3 Å². The van der Waals surface area contributed by atoms with Crippen LogP contribution in [0.15, 0.2) is 59.6 Å². The van der Waals surface area contributed by atoms with Gasteiger partial charge in [-0.05, 0) is 42.0 Å². The van der Waals surface area contributed by atoms with Gasteiger partial charge in [0.25, 0.3) is 0 Å². The van der Waals surface area contributed by atoms with E-state index < -0.39 is 51.0 Å². The van der Waals surface area contributed by atoms with Crippen molar-refractivity contribution < 1.29 is 44.6 Å². The second-order valence-electron chi connectivity index (χ2n) is 9.51. The molecule has 5 rings (SSSR count). The van der Waals surface area contributed by atoms with Crippen molar-refractivity contribution in [1.82, 2.24) is 24.8 Å². The van der Waals surface area contributed by atoms with E-state index in [1.807, 2.05) is 0 Å². The van der Waals surface area contributed by atoms with E-state index in [4.69, 9.17) is 11.6 Å². The van der Waals surface area contributed by atoms with Crippen LogP contribution in [0, 0.1) is 0 Å². The van der Waals surface area contributed by atoms with Gasteiger partial charge in [-0.3, -0.25) is 5.32 Å². The maximum Gasteiger partial charge on any atom is 0.573 e. The number of ether oxygens (including phenoxy) is 1. The second kappa shape index (κ2) is 12.2. The lowest BCUT2D eigenvalue weighted by molar-refractivity contribution is -0.274. The van der Waals surface area contributed by atoms with E-state index in [1.54, 1.807) is 4.90 Å². The van der Waals surface area contributed by atoms with E-state index in [0.29, 0.717) is 33.0 Å². The molecule has 0 amide bonds. The smallest absolute Gasteiger partial charge is 0.406 e. The number of anilines is 1. The Balaban J connectivity index is 1.39. The van der Waals surface area contributed by atoms with Crippen LogP contribution in [0.3, 0.4) is 0 Å². The summed E-state index contributed by atoms with van der Waals surface area (Å²) in [6, 6.07) is 6.67. The summed E-state index contributed by atoms with van der Waals surface area (Å²) in [5.41, 5.74) is -0.119. The zero-order valence-corrected chi connectivity index (χ0v) is 24.4. The third kappa shape index (κ3) is 7.16. The van der Waals surface area contributed by atoms with Crippen LogP contribution >= 0.6 is 22.9 Å². The number of aliphatic hydroxyl groups is 1. The number of nitrogens with zero attached hydrogens (tertiary/aromatic N) is 5. The number of sulfonamides is 1. The molecular weight excluding hydrogens is 662 g/mol. The molecule has 44 heavy (non-hydrogen) atoms. The van der Waals surface area contributed by atoms with Crippen molar-refractivity contribution >= 4 is 48.3 Å². The van der Waals surface area contributed by atoms with E-state index in [9.17, 15) is 39.9 Å². The van der Waals surface area contributed by atoms with Crippen LogP contribution in [0.1, 0.15) is 11.1 Å². The molecule has 1 aliphatic heterocycles. The average Bonchev–Trinajstić information content (AvgIpc) is 3.41. The van der Waals surface area contributed by atoms with Gasteiger partial charge in [-0.15, -0.1) is 18.3 Å². The average molecular weight is 683 g/mol. The molecule has 0 bridgehead atoms. The first kappa shape index (κ1) is 32.1. The second-order valence-corrected chi connectivity index (χ2v) is 12.7. The SMILES string of the molecule is O=S(=O)(c1ccc(C(F)(F)F)cc1)N1CCN(c2nc3cnnc(Cl)c3s2)C[C@@H]1C(O)NCc1ccc(OC(F)(F)F)cc1. The van der Waals surface area contributed by atoms with Gasteiger partial charge < -0.3 is 14.7 Å². The summed E-state index contributed by atoms with van der Waals surface area (Å²) < 4.78 is 109. The third-order valence-corrected chi connectivity index (χ3v) is 10.1. The maximum atomic E-state index is 13.7. The lowest BCUT2D eigenvalue weighted by atomic mass is 10.1. The molecule has 4 aromatic rings. The predicted octanol–water partition coefficient (Wildman–Crippen LogP) is 4.64. The third-order valence-electron chi connectivity index (χ3n) is 6.62. The van der Waals surface area contributed by atoms with Gasteiger partial charge in [-0.25, -0.2) is 13.4 Å². The van der Waals surface area contributed by atoms with Crippen LogP contribution in [0.4, 0.5) is 31.5 Å². The molecule has 0 aliphatic carbocycles. The zero-order chi connectivity index (χ0) is 31.9. The number of rotatable bonds is 8. The first-order valence-electron chi connectivity index (χ1n) is 12.6. The lowest BCUT2D eigenvalue weighted by Gasteiger charge is -2.42. The highest BCUT2D eigenvalue weighted by Gasteiger charge is 2.41. The summed E-state index contributed by atoms with van der Waals surface area (Å²) in [5, 5.41) is 22.1. The minimum absolute atomic E-state index is 0.0772. The molecule has 0 saturated carbocycles. The Bertz CT molecular complexity index is 1720. The first-order chi connectivity index (χ1) is 20.6. The van der Waals surface area contributed by atoms with Crippen molar-refractivity contribution in [3.8, 4) is 5.75 Å². The molecule has 0 radical (unpaired) electrons. The van der Waals surface area contributed by atoms with Crippen molar-refractivity contribution in [3.63, 3.8) is 0 Å². The number of halogens is 7. The number of nitrogens with one attached hydrogen (secondary N) is 1. The standard InChI is InChI=1S/C25H21ClF6N6O4S2/c26-21-20-18(12-34-36-21)35-23(43-20)37-9-10-38(44(40,41)17-7-3-15(4-8-17)24(27,28)29)19(13-37)22(39)33-11-14-1-5-16(6-2-14)42-25(30,31)32/h1-8,12,19,22,33,39H,9-11,13H2/t19-,22?/m1/s1. The molecule has 19 heteroatoms. The number of benzene rings is 2. The van der Waals surface area contributed by atoms with Gasteiger partial charge in [0.2, 0.25) is 10.0 Å². The highest BCUT2D eigenvalue weighted by atomic mass is 35.5. The number of hydrogen-bond acceptors (Lipinski definition) is 10. The number of piperazine rings is 1. The molecule has 236 valence electrons. The van der Waals surface area contributed by atoms with Gasteiger partial charge in [-0.2, -0.15) is 22.6 Å². The van der Waals surface area contributed by atoms with Crippen LogP contribution in [-0.4, -0.2) is 71.3 Å². The molecule has 10 nitrogen and oxygen atoms in total. The van der Waals surface area contributed by atoms with Crippen LogP contribution < -0.4 is 15.0 Å². The molecule has 2 aromatic heterocycles. The molecule has 2 N–H and O–H groups in total. The van der Waals surface area contributed by atoms with Gasteiger partial charge in [0, 0.05) is 26.2 Å². The molecule has 1 aliphatic rings. The summed E-state index contributed by atoms with van der Waals surface area (Å²) >= 11 is 7.31. The molecule has 1 unspecified atom stereocenters. The van der Waals surface area contributed by atoms with E-state index in [1.165, 1.54) is 29.7 Å². The van der Waals surface area contributed by atoms with Gasteiger partial charge in [0.05, 0.1) is 27.4 Å². The summed E-state index contributed by atoms with van der Waals surface area (Å²) in [7, 11) is -4.40. The monoisotopic (exact) mass is 682 g/mol. The fraction of sp³-hybridized carbons (Fsp3) is 0.320. The summed E-state index contributed by atoms with van der Waals surface area (Å²) in [4.78, 5) is 5.80. The van der Waals surface area contributed by atoms with Gasteiger partial charge >= 0.3 is 12.5 Å². The van der Waals surface area contributed by atoms with Crippen molar-refractivity contribution in [2.45, 2.75) is 36.2 Å². The van der Waals surface area contributed by atoms with E-state index in [0.717, 1.165) is 28.6 Å². The zero-order valence-electron chi connectivity index (χ0n) is 22.0. The molecular formula is C25H21ClF6N6O4S2. The fourth-order valence-corrected chi connectivity index (χ4v) is 7.33. The Morgan fingerprint density at radius 3 is 2.36 bits per heavy atom. The predicted molar refractivity (Wildman–Crippen MR) is 148 cm³/mol. The minimum Gasteiger partial charge on any atom is -0.406 e. The Kier molecular flexibility index (Phi) is 8.94. The molecule has 2 aromatic carbocycles. The fourth-order valence-electron chi connectivity index (χ4n) is 4.51. The van der Waals surface area contributed by atoms with Crippen molar-refractivity contribution in [2.24, 2.45) is 0 Å². The number of aromatic nitrogens is 3. The first-order valence-corrected chi connectivity index (χ1v) is 15.2. The normalized spacial score (nSPS) is 17.6. The lowest BCUT2D eigenvalue weighted by Crippen LogP contribution is -2.62. The van der Waals surface area contributed by atoms with Crippen molar-refractivity contribution in [3.05, 3.63) is 71.0 Å². The Hall–Kier alpha value is -3.29. The van der Waals surface area contributed by atoms with Crippen LogP contribution in [0.25, 0.3) is 10.2 Å². The number of aliphatic hydroxyl groups excluding tert-OH is 1. The van der Waals surface area contributed by atoms with Crippen molar-refractivity contribution in [2.75, 3.05) is 24.5 Å². The Morgan fingerprint density at radius 1 is 1.07 bits per heavy atom. The van der Waals surface area contributed by atoms with Gasteiger partial charge in [0.15, 0.2) is 10.3 Å². The number of hydrogen-bond donors (Lipinski definition) is 2. The molecule has 1 saturated heterocycles. The van der Waals surface area contributed by atoms with Crippen LogP contribution in [-0.2, 0) is 22.7 Å². The largest absolute Gasteiger partial charge is 0.573 e. The highest BCUT2D eigenvalue weighted by Crippen LogP contribution is 2.35.